The first-order chi connectivity index (χ1) is 16.5. The van der Waals surface area contributed by atoms with E-state index in [0.29, 0.717) is 17.1 Å². The number of hydrogen-bond acceptors (Lipinski definition) is 6. The van der Waals surface area contributed by atoms with Gasteiger partial charge in [-0.25, -0.2) is 4.79 Å². The number of methoxy groups -OCH3 is 5. The molecule has 0 spiro atoms. The van der Waals surface area contributed by atoms with Crippen molar-refractivity contribution < 1.29 is 28.5 Å². The van der Waals surface area contributed by atoms with Crippen LogP contribution in [0.1, 0.15) is 32.6 Å². The summed E-state index contributed by atoms with van der Waals surface area (Å²) in [5.74, 6) is 2.65. The summed E-state index contributed by atoms with van der Waals surface area (Å²) in [6.07, 6.45) is 3.31. The quantitative estimate of drug-likeness (QED) is 0.369. The first kappa shape index (κ1) is 25.0. The number of carbonyl (C=O) groups excluding carboxylic acids is 1. The molecule has 0 aliphatic heterocycles. The van der Waals surface area contributed by atoms with Crippen molar-refractivity contribution in [3.63, 3.8) is 0 Å². The number of esters is 1. The first-order valence-corrected chi connectivity index (χ1v) is 11.1. The summed E-state index contributed by atoms with van der Waals surface area (Å²) in [4.78, 5) is 11.7. The van der Waals surface area contributed by atoms with Crippen LogP contribution in [0.15, 0.2) is 54.6 Å². The zero-order chi connectivity index (χ0) is 24.5. The van der Waals surface area contributed by atoms with Crippen molar-refractivity contribution in [2.75, 3.05) is 35.5 Å². The largest absolute Gasteiger partial charge is 0.497 e. The van der Waals surface area contributed by atoms with Crippen LogP contribution >= 0.6 is 0 Å². The number of hydrogen-bond donors (Lipinski definition) is 0. The van der Waals surface area contributed by atoms with E-state index in [1.807, 2.05) is 30.3 Å². The summed E-state index contributed by atoms with van der Waals surface area (Å²) in [6.45, 7) is 0. The summed E-state index contributed by atoms with van der Waals surface area (Å²) in [5, 5.41) is 0. The van der Waals surface area contributed by atoms with Crippen molar-refractivity contribution >= 4 is 5.97 Å². The summed E-state index contributed by atoms with van der Waals surface area (Å²) >= 11 is 0. The van der Waals surface area contributed by atoms with Crippen molar-refractivity contribution in [2.24, 2.45) is 0 Å². The van der Waals surface area contributed by atoms with Gasteiger partial charge in [0.2, 0.25) is 0 Å². The van der Waals surface area contributed by atoms with Gasteiger partial charge in [0.25, 0.3) is 0 Å². The number of rotatable bonds is 11. The number of ether oxygens (including phenoxy) is 5. The molecule has 0 aliphatic rings. The Labute approximate surface area is 201 Å². The van der Waals surface area contributed by atoms with E-state index in [0.717, 1.165) is 48.3 Å². The molecule has 0 bridgehead atoms. The lowest BCUT2D eigenvalue weighted by Gasteiger charge is -2.16. The van der Waals surface area contributed by atoms with Crippen molar-refractivity contribution in [2.45, 2.75) is 25.7 Å². The minimum atomic E-state index is -0.331. The molecule has 0 fully saturated rings. The normalized spacial score (nSPS) is 10.5. The fourth-order valence-electron chi connectivity index (χ4n) is 3.92. The second kappa shape index (κ2) is 12.0. The third-order valence-corrected chi connectivity index (χ3v) is 5.86. The van der Waals surface area contributed by atoms with Gasteiger partial charge in [0.05, 0.1) is 41.1 Å². The Morgan fingerprint density at radius 3 is 1.53 bits per heavy atom. The number of aryl methyl sites for hydroxylation is 4. The van der Waals surface area contributed by atoms with Crippen LogP contribution in [-0.4, -0.2) is 41.5 Å². The molecule has 0 saturated heterocycles. The number of benzene rings is 3. The Hall–Kier alpha value is -3.67. The van der Waals surface area contributed by atoms with E-state index in [9.17, 15) is 4.79 Å². The Kier molecular flexibility index (Phi) is 8.79. The van der Waals surface area contributed by atoms with Crippen LogP contribution in [-0.2, 0) is 30.4 Å². The zero-order valence-electron chi connectivity index (χ0n) is 20.5. The summed E-state index contributed by atoms with van der Waals surface area (Å²) in [6, 6.07) is 17.6. The van der Waals surface area contributed by atoms with Crippen molar-refractivity contribution in [3.8, 4) is 23.0 Å². The van der Waals surface area contributed by atoms with E-state index in [1.54, 1.807) is 40.6 Å². The monoisotopic (exact) mass is 464 g/mol. The smallest absolute Gasteiger partial charge is 0.337 e. The highest BCUT2D eigenvalue weighted by Gasteiger charge is 2.13. The van der Waals surface area contributed by atoms with Crippen LogP contribution in [0.2, 0.25) is 0 Å². The maximum Gasteiger partial charge on any atom is 0.337 e. The van der Waals surface area contributed by atoms with Gasteiger partial charge in [0.1, 0.15) is 11.5 Å². The molecule has 0 saturated carbocycles. The molecule has 0 aromatic heterocycles. The van der Waals surface area contributed by atoms with E-state index >= 15 is 0 Å². The first-order valence-electron chi connectivity index (χ1n) is 11.1. The van der Waals surface area contributed by atoms with Crippen LogP contribution in [0.5, 0.6) is 23.0 Å². The molecule has 0 aliphatic carbocycles. The van der Waals surface area contributed by atoms with E-state index in [4.69, 9.17) is 23.7 Å². The Balaban J connectivity index is 1.81. The average Bonchev–Trinajstić information content (AvgIpc) is 2.89. The number of carbonyl (C=O) groups is 1. The van der Waals surface area contributed by atoms with Crippen molar-refractivity contribution in [1.29, 1.82) is 0 Å². The molecule has 6 heteroatoms. The van der Waals surface area contributed by atoms with Crippen LogP contribution in [0.4, 0.5) is 0 Å². The fourth-order valence-corrected chi connectivity index (χ4v) is 3.92. The molecule has 34 heavy (non-hydrogen) atoms. The highest BCUT2D eigenvalue weighted by molar-refractivity contribution is 5.89. The minimum absolute atomic E-state index is 0.331. The van der Waals surface area contributed by atoms with Crippen LogP contribution in [0.25, 0.3) is 0 Å². The van der Waals surface area contributed by atoms with Crippen LogP contribution in [0.3, 0.4) is 0 Å². The predicted molar refractivity (Wildman–Crippen MR) is 132 cm³/mol. The van der Waals surface area contributed by atoms with Gasteiger partial charge in [0, 0.05) is 6.07 Å². The molecular weight excluding hydrogens is 432 g/mol. The SMILES string of the molecule is COC(=O)c1ccc(CCc2cc(OC)c(OC)cc2CCc2cc(OC)cc(OC)c2)cc1. The van der Waals surface area contributed by atoms with E-state index < -0.39 is 0 Å². The third-order valence-electron chi connectivity index (χ3n) is 5.86. The lowest BCUT2D eigenvalue weighted by atomic mass is 9.94. The molecule has 180 valence electrons. The lowest BCUT2D eigenvalue weighted by molar-refractivity contribution is 0.0600. The van der Waals surface area contributed by atoms with Gasteiger partial charge in [-0.3, -0.25) is 0 Å². The molecule has 0 amide bonds. The van der Waals surface area contributed by atoms with Crippen LogP contribution < -0.4 is 18.9 Å². The lowest BCUT2D eigenvalue weighted by Crippen LogP contribution is -2.04. The summed E-state index contributed by atoms with van der Waals surface area (Å²) < 4.78 is 26.7. The van der Waals surface area contributed by atoms with E-state index in [1.165, 1.54) is 18.2 Å². The molecule has 3 rings (SSSR count). The van der Waals surface area contributed by atoms with Gasteiger partial charge in [-0.1, -0.05) is 12.1 Å². The van der Waals surface area contributed by atoms with Crippen molar-refractivity contribution in [1.82, 2.24) is 0 Å². The van der Waals surface area contributed by atoms with Crippen LogP contribution in [0, 0.1) is 0 Å². The molecule has 0 radical (unpaired) electrons. The molecule has 0 N–H and O–H groups in total. The third kappa shape index (κ3) is 6.22. The molecule has 0 heterocycles. The van der Waals surface area contributed by atoms with E-state index in [2.05, 4.69) is 12.1 Å². The van der Waals surface area contributed by atoms with E-state index in [-0.39, 0.29) is 5.97 Å². The Bertz CT molecular complexity index is 1080. The Morgan fingerprint density at radius 1 is 0.588 bits per heavy atom. The van der Waals surface area contributed by atoms with Gasteiger partial charge in [0.15, 0.2) is 11.5 Å². The molecular formula is C28H32O6. The van der Waals surface area contributed by atoms with Gasteiger partial charge in [-0.15, -0.1) is 0 Å². The Morgan fingerprint density at radius 2 is 1.09 bits per heavy atom. The second-order valence-electron chi connectivity index (χ2n) is 7.89. The zero-order valence-corrected chi connectivity index (χ0v) is 20.5. The van der Waals surface area contributed by atoms with Gasteiger partial charge < -0.3 is 23.7 Å². The molecule has 6 nitrogen and oxygen atoms in total. The molecule has 0 atom stereocenters. The predicted octanol–water partition coefficient (Wildman–Crippen LogP) is 5.08. The molecule has 3 aromatic carbocycles. The summed E-state index contributed by atoms with van der Waals surface area (Å²) in [7, 11) is 7.99. The highest BCUT2D eigenvalue weighted by atomic mass is 16.5. The maximum atomic E-state index is 11.7. The van der Waals surface area contributed by atoms with Gasteiger partial charge in [-0.05, 0) is 84.3 Å². The molecule has 3 aromatic rings. The van der Waals surface area contributed by atoms with Gasteiger partial charge in [-0.2, -0.15) is 0 Å². The molecule has 0 unspecified atom stereocenters. The standard InChI is InChI=1S/C28H32O6/c1-30-24-14-20(15-25(18-24)31-2)9-13-23-17-27(33-4)26(32-3)16-22(23)12-8-19-6-10-21(11-7-19)28(29)34-5/h6-7,10-11,14-18H,8-9,12-13H2,1-5H3. The van der Waals surface area contributed by atoms with Gasteiger partial charge >= 0.3 is 5.97 Å². The minimum Gasteiger partial charge on any atom is -0.497 e. The maximum absolute atomic E-state index is 11.7. The average molecular weight is 465 g/mol. The second-order valence-corrected chi connectivity index (χ2v) is 7.89. The highest BCUT2D eigenvalue weighted by Crippen LogP contribution is 2.32. The van der Waals surface area contributed by atoms with Crippen molar-refractivity contribution in [3.05, 3.63) is 82.4 Å². The summed E-state index contributed by atoms with van der Waals surface area (Å²) in [5.41, 5.74) is 5.23. The fraction of sp³-hybridized carbons (Fsp3) is 0.321. The topological polar surface area (TPSA) is 63.2 Å².